The maximum Gasteiger partial charge on any atom is 0.141 e. The fourth-order valence-electron chi connectivity index (χ4n) is 3.34. The standard InChI is InChI=1S/C16H21NOS/c1-11-4-2-5-13(17-11)10-16(18)12-8-14-6-3-7-15(9-12)19-14/h2,4-5,12,14-15H,3,6-10H2,1H3. The number of carbonyl (C=O) groups excluding carboxylic acids is 1. The Morgan fingerprint density at radius 1 is 1.32 bits per heavy atom. The van der Waals surface area contributed by atoms with Crippen LogP contribution in [-0.4, -0.2) is 21.3 Å². The van der Waals surface area contributed by atoms with Crippen molar-refractivity contribution < 1.29 is 4.79 Å². The summed E-state index contributed by atoms with van der Waals surface area (Å²) in [4.78, 5) is 16.9. The molecule has 102 valence electrons. The maximum absolute atomic E-state index is 12.5. The van der Waals surface area contributed by atoms with Crippen LogP contribution in [-0.2, 0) is 11.2 Å². The van der Waals surface area contributed by atoms with Gasteiger partial charge in [0.25, 0.3) is 0 Å². The van der Waals surface area contributed by atoms with Crippen LogP contribution in [0.25, 0.3) is 0 Å². The van der Waals surface area contributed by atoms with E-state index in [2.05, 4.69) is 16.7 Å². The number of aryl methyl sites for hydroxylation is 1. The van der Waals surface area contributed by atoms with Crippen LogP contribution in [0.15, 0.2) is 18.2 Å². The average Bonchev–Trinajstić information content (AvgIpc) is 2.38. The molecule has 2 aliphatic rings. The lowest BCUT2D eigenvalue weighted by atomic mass is 9.85. The van der Waals surface area contributed by atoms with Crippen LogP contribution in [0.2, 0.25) is 0 Å². The molecule has 2 unspecified atom stereocenters. The third-order valence-electron chi connectivity index (χ3n) is 4.29. The van der Waals surface area contributed by atoms with Gasteiger partial charge in [-0.25, -0.2) is 0 Å². The van der Waals surface area contributed by atoms with E-state index in [0.29, 0.717) is 18.1 Å². The second kappa shape index (κ2) is 5.66. The van der Waals surface area contributed by atoms with Gasteiger partial charge in [0.2, 0.25) is 0 Å². The van der Waals surface area contributed by atoms with Gasteiger partial charge in [-0.2, -0.15) is 11.8 Å². The number of aromatic nitrogens is 1. The van der Waals surface area contributed by atoms with Gasteiger partial charge in [0.15, 0.2) is 0 Å². The Bertz CT molecular complexity index is 462. The molecule has 0 spiro atoms. The summed E-state index contributed by atoms with van der Waals surface area (Å²) in [6.07, 6.45) is 6.72. The minimum Gasteiger partial charge on any atom is -0.299 e. The van der Waals surface area contributed by atoms with E-state index in [1.165, 1.54) is 19.3 Å². The van der Waals surface area contributed by atoms with Gasteiger partial charge in [-0.15, -0.1) is 0 Å². The van der Waals surface area contributed by atoms with Crippen molar-refractivity contribution in [1.82, 2.24) is 4.98 Å². The van der Waals surface area contributed by atoms with E-state index >= 15 is 0 Å². The van der Waals surface area contributed by atoms with E-state index < -0.39 is 0 Å². The van der Waals surface area contributed by atoms with Crippen LogP contribution in [0.4, 0.5) is 0 Å². The summed E-state index contributed by atoms with van der Waals surface area (Å²) in [5, 5.41) is 1.49. The summed E-state index contributed by atoms with van der Waals surface area (Å²) in [5.74, 6) is 0.703. The number of ketones is 1. The molecule has 3 rings (SSSR count). The number of nitrogens with zero attached hydrogens (tertiary/aromatic N) is 1. The molecule has 0 saturated carbocycles. The van der Waals surface area contributed by atoms with Gasteiger partial charge in [-0.05, 0) is 44.7 Å². The van der Waals surface area contributed by atoms with Gasteiger partial charge >= 0.3 is 0 Å². The van der Waals surface area contributed by atoms with Crippen molar-refractivity contribution in [2.45, 2.75) is 55.9 Å². The van der Waals surface area contributed by atoms with Crippen molar-refractivity contribution >= 4 is 17.5 Å². The Morgan fingerprint density at radius 3 is 2.74 bits per heavy atom. The van der Waals surface area contributed by atoms with Gasteiger partial charge in [0.1, 0.15) is 5.78 Å². The SMILES string of the molecule is Cc1cccc(CC(=O)C2CC3CCCC(C2)S3)n1. The quantitative estimate of drug-likeness (QED) is 0.844. The van der Waals surface area contributed by atoms with E-state index in [-0.39, 0.29) is 0 Å². The van der Waals surface area contributed by atoms with E-state index in [1.54, 1.807) is 0 Å². The van der Waals surface area contributed by atoms with Gasteiger partial charge in [-0.1, -0.05) is 12.5 Å². The number of hydrogen-bond donors (Lipinski definition) is 0. The minimum atomic E-state index is 0.291. The highest BCUT2D eigenvalue weighted by Crippen LogP contribution is 2.44. The average molecular weight is 275 g/mol. The lowest BCUT2D eigenvalue weighted by Gasteiger charge is -2.37. The van der Waals surface area contributed by atoms with Crippen LogP contribution in [0.3, 0.4) is 0 Å². The molecule has 1 aromatic heterocycles. The van der Waals surface area contributed by atoms with Crippen molar-refractivity contribution in [2.75, 3.05) is 0 Å². The molecule has 0 amide bonds. The molecule has 1 aromatic rings. The first kappa shape index (κ1) is 13.2. The van der Waals surface area contributed by atoms with E-state index in [1.807, 2.05) is 25.1 Å². The maximum atomic E-state index is 12.5. The molecule has 0 aromatic carbocycles. The number of fused-ring (bicyclic) bond motifs is 2. The van der Waals surface area contributed by atoms with Crippen molar-refractivity contribution in [3.8, 4) is 0 Å². The fourth-order valence-corrected chi connectivity index (χ4v) is 5.18. The molecule has 0 N–H and O–H groups in total. The van der Waals surface area contributed by atoms with E-state index in [9.17, 15) is 4.79 Å². The number of Topliss-reactive ketones (excluding diaryl/α,β-unsaturated/α-hetero) is 1. The fraction of sp³-hybridized carbons (Fsp3) is 0.625. The Morgan fingerprint density at radius 2 is 2.05 bits per heavy atom. The molecule has 2 bridgehead atoms. The number of carbonyl (C=O) groups is 1. The van der Waals surface area contributed by atoms with Crippen LogP contribution >= 0.6 is 11.8 Å². The van der Waals surface area contributed by atoms with Crippen molar-refractivity contribution in [3.63, 3.8) is 0 Å². The molecule has 2 nitrogen and oxygen atoms in total. The van der Waals surface area contributed by atoms with Gasteiger partial charge < -0.3 is 0 Å². The summed E-state index contributed by atoms with van der Waals surface area (Å²) in [5.41, 5.74) is 1.94. The summed E-state index contributed by atoms with van der Waals surface area (Å²) < 4.78 is 0. The topological polar surface area (TPSA) is 30.0 Å². The smallest absolute Gasteiger partial charge is 0.141 e. The number of pyridine rings is 1. The second-order valence-electron chi connectivity index (χ2n) is 5.89. The van der Waals surface area contributed by atoms with Gasteiger partial charge in [0, 0.05) is 34.2 Å². The van der Waals surface area contributed by atoms with Gasteiger partial charge in [0.05, 0.1) is 0 Å². The molecule has 19 heavy (non-hydrogen) atoms. The first-order chi connectivity index (χ1) is 9.20. The normalized spacial score (nSPS) is 30.1. The third kappa shape index (κ3) is 3.19. The van der Waals surface area contributed by atoms with E-state index in [4.69, 9.17) is 0 Å². The van der Waals surface area contributed by atoms with Crippen molar-refractivity contribution in [1.29, 1.82) is 0 Å². The molecular weight excluding hydrogens is 254 g/mol. The molecule has 3 heterocycles. The zero-order valence-corrected chi connectivity index (χ0v) is 12.3. The molecular formula is C16H21NOS. The molecule has 2 atom stereocenters. The molecule has 3 heteroatoms. The number of thioether (sulfide) groups is 1. The summed E-state index contributed by atoms with van der Waals surface area (Å²) in [6, 6.07) is 5.95. The molecule has 2 aliphatic heterocycles. The Kier molecular flexibility index (Phi) is 3.92. The Balaban J connectivity index is 1.64. The number of hydrogen-bond acceptors (Lipinski definition) is 3. The lowest BCUT2D eigenvalue weighted by Crippen LogP contribution is -2.33. The molecule has 0 aliphatic carbocycles. The predicted molar refractivity (Wildman–Crippen MR) is 79.4 cm³/mol. The van der Waals surface area contributed by atoms with Crippen LogP contribution in [0, 0.1) is 12.8 Å². The number of rotatable bonds is 3. The van der Waals surface area contributed by atoms with Crippen LogP contribution in [0.1, 0.15) is 43.5 Å². The monoisotopic (exact) mass is 275 g/mol. The first-order valence-corrected chi connectivity index (χ1v) is 8.25. The molecule has 2 saturated heterocycles. The van der Waals surface area contributed by atoms with Crippen molar-refractivity contribution in [3.05, 3.63) is 29.6 Å². The third-order valence-corrected chi connectivity index (χ3v) is 5.91. The largest absolute Gasteiger partial charge is 0.299 e. The highest BCUT2D eigenvalue weighted by Gasteiger charge is 2.35. The van der Waals surface area contributed by atoms with E-state index in [0.717, 1.165) is 34.7 Å². The van der Waals surface area contributed by atoms with Crippen molar-refractivity contribution in [2.24, 2.45) is 5.92 Å². The summed E-state index contributed by atoms with van der Waals surface area (Å²) in [7, 11) is 0. The Labute approximate surface area is 119 Å². The highest BCUT2D eigenvalue weighted by molar-refractivity contribution is 8.00. The second-order valence-corrected chi connectivity index (χ2v) is 7.50. The summed E-state index contributed by atoms with van der Waals surface area (Å²) in [6.45, 7) is 1.98. The molecule has 2 fully saturated rings. The highest BCUT2D eigenvalue weighted by atomic mass is 32.2. The minimum absolute atomic E-state index is 0.291. The molecule has 0 radical (unpaired) electrons. The zero-order chi connectivity index (χ0) is 13.2. The van der Waals surface area contributed by atoms with Gasteiger partial charge in [-0.3, -0.25) is 9.78 Å². The predicted octanol–water partition coefficient (Wildman–Crippen LogP) is 3.57. The van der Waals surface area contributed by atoms with Crippen LogP contribution in [0.5, 0.6) is 0 Å². The summed E-state index contributed by atoms with van der Waals surface area (Å²) >= 11 is 2.14. The zero-order valence-electron chi connectivity index (χ0n) is 11.5. The Hall–Kier alpha value is -0.830. The van der Waals surface area contributed by atoms with Crippen LogP contribution < -0.4 is 0 Å². The lowest BCUT2D eigenvalue weighted by molar-refractivity contribution is -0.122. The first-order valence-electron chi connectivity index (χ1n) is 7.31.